The van der Waals surface area contributed by atoms with Crippen LogP contribution in [0.5, 0.6) is 5.75 Å². The number of carbonyl (C=O) groups excluding carboxylic acids is 1. The van der Waals surface area contributed by atoms with E-state index in [9.17, 15) is 13.2 Å². The van der Waals surface area contributed by atoms with Crippen LogP contribution >= 0.6 is 0 Å². The van der Waals surface area contributed by atoms with Gasteiger partial charge in [0.2, 0.25) is 15.9 Å². The van der Waals surface area contributed by atoms with Crippen LogP contribution in [-0.2, 0) is 21.4 Å². The predicted octanol–water partition coefficient (Wildman–Crippen LogP) is 5.25. The number of rotatable bonds is 10. The second-order valence-corrected chi connectivity index (χ2v) is 10.8. The largest absolute Gasteiger partial charge is 0.489 e. The van der Waals surface area contributed by atoms with E-state index in [1.165, 1.54) is 0 Å². The van der Waals surface area contributed by atoms with Crippen molar-refractivity contribution in [3.63, 3.8) is 0 Å². The number of sulfonamides is 1. The zero-order valence-electron chi connectivity index (χ0n) is 20.9. The Hall–Kier alpha value is -4.10. The molecule has 0 aliphatic rings. The molecular formula is C30H30N2O4S. The van der Waals surface area contributed by atoms with Gasteiger partial charge in [0.25, 0.3) is 0 Å². The molecular weight excluding hydrogens is 484 g/mol. The maximum atomic E-state index is 13.2. The van der Waals surface area contributed by atoms with Crippen LogP contribution in [0.3, 0.4) is 0 Å². The molecule has 0 heterocycles. The number of nitrogens with one attached hydrogen (secondary N) is 1. The highest BCUT2D eigenvalue weighted by Gasteiger charge is 2.24. The SMILES string of the molecule is Cc1ccc([C@H](NC(=O)CN(c2ccc(OCc3ccccc3)cc2)S(C)(=O)=O)c2ccccc2)cc1. The summed E-state index contributed by atoms with van der Waals surface area (Å²) < 4.78 is 32.2. The molecule has 1 amide bonds. The molecule has 0 saturated heterocycles. The first-order chi connectivity index (χ1) is 17.8. The number of hydrogen-bond donors (Lipinski definition) is 1. The van der Waals surface area contributed by atoms with Crippen LogP contribution in [-0.4, -0.2) is 27.1 Å². The molecule has 4 rings (SSSR count). The Morgan fingerprint density at radius 3 is 1.97 bits per heavy atom. The van der Waals surface area contributed by atoms with Crippen LogP contribution in [0, 0.1) is 6.92 Å². The van der Waals surface area contributed by atoms with Crippen molar-refractivity contribution in [1.82, 2.24) is 5.32 Å². The van der Waals surface area contributed by atoms with Crippen LogP contribution in [0.4, 0.5) is 5.69 Å². The second kappa shape index (κ2) is 11.8. The number of benzene rings is 4. The Labute approximate surface area is 218 Å². The van der Waals surface area contributed by atoms with Gasteiger partial charge in [0.05, 0.1) is 18.0 Å². The van der Waals surface area contributed by atoms with E-state index in [1.807, 2.05) is 91.9 Å². The minimum absolute atomic E-state index is 0.349. The topological polar surface area (TPSA) is 75.7 Å². The quantitative estimate of drug-likeness (QED) is 0.314. The van der Waals surface area contributed by atoms with Gasteiger partial charge >= 0.3 is 0 Å². The fourth-order valence-electron chi connectivity index (χ4n) is 3.95. The molecule has 0 aliphatic heterocycles. The summed E-state index contributed by atoms with van der Waals surface area (Å²) in [6.45, 7) is 2.05. The van der Waals surface area contributed by atoms with Gasteiger partial charge in [-0.3, -0.25) is 9.10 Å². The number of ether oxygens (including phenoxy) is 1. The lowest BCUT2D eigenvalue weighted by molar-refractivity contribution is -0.120. The number of nitrogens with zero attached hydrogens (tertiary/aromatic N) is 1. The molecule has 4 aromatic carbocycles. The molecule has 1 N–H and O–H groups in total. The Balaban J connectivity index is 1.49. The maximum absolute atomic E-state index is 13.2. The third-order valence-corrected chi connectivity index (χ3v) is 7.05. The molecule has 7 heteroatoms. The van der Waals surface area contributed by atoms with Crippen LogP contribution in [0.25, 0.3) is 0 Å². The van der Waals surface area contributed by atoms with Gasteiger partial charge in [0, 0.05) is 0 Å². The third kappa shape index (κ3) is 7.21. The van der Waals surface area contributed by atoms with Gasteiger partial charge in [0.15, 0.2) is 0 Å². The molecule has 0 aromatic heterocycles. The lowest BCUT2D eigenvalue weighted by Gasteiger charge is -2.25. The highest BCUT2D eigenvalue weighted by atomic mass is 32.2. The molecule has 1 atom stereocenters. The number of hydrogen-bond acceptors (Lipinski definition) is 4. The Bertz CT molecular complexity index is 1410. The summed E-state index contributed by atoms with van der Waals surface area (Å²) in [5.74, 6) is 0.193. The van der Waals surface area contributed by atoms with Gasteiger partial charge in [-0.05, 0) is 47.9 Å². The summed E-state index contributed by atoms with van der Waals surface area (Å²) in [7, 11) is -3.72. The van der Waals surface area contributed by atoms with E-state index in [0.29, 0.717) is 18.0 Å². The fraction of sp³-hybridized carbons (Fsp3) is 0.167. The average Bonchev–Trinajstić information content (AvgIpc) is 2.91. The van der Waals surface area contributed by atoms with Crippen LogP contribution in [0.1, 0.15) is 28.3 Å². The predicted molar refractivity (Wildman–Crippen MR) is 147 cm³/mol. The van der Waals surface area contributed by atoms with Gasteiger partial charge in [-0.1, -0.05) is 90.5 Å². The number of aryl methyl sites for hydroxylation is 1. The van der Waals surface area contributed by atoms with Crippen molar-refractivity contribution in [3.05, 3.63) is 131 Å². The number of carbonyl (C=O) groups is 1. The lowest BCUT2D eigenvalue weighted by Crippen LogP contribution is -2.41. The van der Waals surface area contributed by atoms with Crippen molar-refractivity contribution < 1.29 is 17.9 Å². The molecule has 0 radical (unpaired) electrons. The molecule has 6 nitrogen and oxygen atoms in total. The van der Waals surface area contributed by atoms with Crippen molar-refractivity contribution in [3.8, 4) is 5.75 Å². The fourth-order valence-corrected chi connectivity index (χ4v) is 4.81. The van der Waals surface area contributed by atoms with Crippen molar-refractivity contribution >= 4 is 21.6 Å². The van der Waals surface area contributed by atoms with E-state index in [0.717, 1.165) is 32.8 Å². The molecule has 0 spiro atoms. The van der Waals surface area contributed by atoms with Crippen molar-refractivity contribution in [2.75, 3.05) is 17.1 Å². The second-order valence-electron chi connectivity index (χ2n) is 8.86. The summed E-state index contributed by atoms with van der Waals surface area (Å²) in [6.07, 6.45) is 1.09. The van der Waals surface area contributed by atoms with Gasteiger partial charge < -0.3 is 10.1 Å². The van der Waals surface area contributed by atoms with Crippen LogP contribution in [0.2, 0.25) is 0 Å². The van der Waals surface area contributed by atoms with Gasteiger partial charge in [-0.2, -0.15) is 0 Å². The number of amides is 1. The third-order valence-electron chi connectivity index (χ3n) is 5.91. The molecule has 0 unspecified atom stereocenters. The first kappa shape index (κ1) is 26.0. The Morgan fingerprint density at radius 2 is 1.38 bits per heavy atom. The van der Waals surface area contributed by atoms with Crippen LogP contribution in [0.15, 0.2) is 109 Å². The highest BCUT2D eigenvalue weighted by Crippen LogP contribution is 2.25. The van der Waals surface area contributed by atoms with Gasteiger partial charge in [0.1, 0.15) is 18.9 Å². The standard InChI is InChI=1S/C30H30N2O4S/c1-23-13-15-26(16-14-23)30(25-11-7-4-8-12-25)31-29(33)21-32(37(2,34)35)27-17-19-28(20-18-27)36-22-24-9-5-3-6-10-24/h3-20,30H,21-22H2,1-2H3,(H,31,33)/t30-/m1/s1. The van der Waals surface area contributed by atoms with Crippen molar-refractivity contribution in [2.24, 2.45) is 0 Å². The summed E-state index contributed by atoms with van der Waals surface area (Å²) in [4.78, 5) is 13.2. The first-order valence-electron chi connectivity index (χ1n) is 11.9. The van der Waals surface area contributed by atoms with E-state index in [-0.39, 0.29) is 6.54 Å². The van der Waals surface area contributed by atoms with Gasteiger partial charge in [-0.25, -0.2) is 8.42 Å². The zero-order valence-corrected chi connectivity index (χ0v) is 21.7. The minimum atomic E-state index is -3.72. The summed E-state index contributed by atoms with van der Waals surface area (Å²) in [5.41, 5.74) is 4.35. The van der Waals surface area contributed by atoms with E-state index in [4.69, 9.17) is 4.74 Å². The molecule has 4 aromatic rings. The van der Waals surface area contributed by atoms with E-state index >= 15 is 0 Å². The smallest absolute Gasteiger partial charge is 0.241 e. The lowest BCUT2D eigenvalue weighted by atomic mass is 9.98. The zero-order chi connectivity index (χ0) is 26.3. The Kier molecular flexibility index (Phi) is 8.25. The first-order valence-corrected chi connectivity index (χ1v) is 13.8. The Morgan fingerprint density at radius 1 is 0.811 bits per heavy atom. The minimum Gasteiger partial charge on any atom is -0.489 e. The molecule has 190 valence electrons. The summed E-state index contributed by atoms with van der Waals surface area (Å²) in [6, 6.07) is 33.6. The average molecular weight is 515 g/mol. The molecule has 0 saturated carbocycles. The van der Waals surface area contributed by atoms with Crippen molar-refractivity contribution in [1.29, 1.82) is 0 Å². The molecule has 0 fully saturated rings. The van der Waals surface area contributed by atoms with E-state index in [1.54, 1.807) is 24.3 Å². The molecule has 0 bridgehead atoms. The molecule has 0 aliphatic carbocycles. The monoisotopic (exact) mass is 514 g/mol. The maximum Gasteiger partial charge on any atom is 0.241 e. The highest BCUT2D eigenvalue weighted by molar-refractivity contribution is 7.92. The number of anilines is 1. The van der Waals surface area contributed by atoms with E-state index in [2.05, 4.69) is 5.32 Å². The summed E-state index contributed by atoms with van der Waals surface area (Å²) >= 11 is 0. The molecule has 37 heavy (non-hydrogen) atoms. The van der Waals surface area contributed by atoms with Crippen LogP contribution < -0.4 is 14.4 Å². The van der Waals surface area contributed by atoms with E-state index < -0.39 is 22.0 Å². The normalized spacial score (nSPS) is 11.9. The van der Waals surface area contributed by atoms with Crippen molar-refractivity contribution in [2.45, 2.75) is 19.6 Å². The van der Waals surface area contributed by atoms with Gasteiger partial charge in [-0.15, -0.1) is 0 Å². The summed E-state index contributed by atoms with van der Waals surface area (Å²) in [5, 5.41) is 3.02.